The van der Waals surface area contributed by atoms with Crippen molar-refractivity contribution >= 4 is 34.4 Å². The first-order chi connectivity index (χ1) is 12.3. The molecule has 0 radical (unpaired) electrons. The van der Waals surface area contributed by atoms with Crippen LogP contribution in [0.5, 0.6) is 0 Å². The maximum absolute atomic E-state index is 12.6. The molecule has 1 heterocycles. The Hall–Kier alpha value is -3.12. The van der Waals surface area contributed by atoms with Crippen LogP contribution in [0.1, 0.15) is 10.4 Å². The zero-order valence-corrected chi connectivity index (χ0v) is 14.0. The van der Waals surface area contributed by atoms with Crippen LogP contribution in [0.2, 0.25) is 0 Å². The van der Waals surface area contributed by atoms with E-state index in [-0.39, 0.29) is 5.91 Å². The molecule has 0 spiro atoms. The summed E-state index contributed by atoms with van der Waals surface area (Å²) in [5.41, 5.74) is 2.72. The second-order valence-corrected chi connectivity index (χ2v) is 6.51. The third kappa shape index (κ3) is 3.39. The first-order valence-corrected chi connectivity index (χ1v) is 8.55. The Labute approximate surface area is 148 Å². The van der Waals surface area contributed by atoms with Gasteiger partial charge in [0.05, 0.1) is 5.69 Å². The summed E-state index contributed by atoms with van der Waals surface area (Å²) < 4.78 is 0. The van der Waals surface area contributed by atoms with E-state index in [0.717, 1.165) is 21.0 Å². The molecular weight excluding hydrogens is 332 g/mol. The fraction of sp³-hybridized carbons (Fsp3) is 0. The lowest BCUT2D eigenvalue weighted by molar-refractivity contribution is 0.102. The van der Waals surface area contributed by atoms with Crippen LogP contribution in [0.25, 0.3) is 11.0 Å². The topological polar surface area (TPSA) is 70.7 Å². The highest BCUT2D eigenvalue weighted by atomic mass is 32.2. The number of nitrogens with one attached hydrogen (secondary N) is 2. The lowest BCUT2D eigenvalue weighted by Gasteiger charge is -2.11. The van der Waals surface area contributed by atoms with Crippen molar-refractivity contribution < 1.29 is 4.79 Å². The maximum atomic E-state index is 12.6. The summed E-state index contributed by atoms with van der Waals surface area (Å²) in [4.78, 5) is 14.7. The molecule has 0 saturated heterocycles. The van der Waals surface area contributed by atoms with Gasteiger partial charge in [-0.2, -0.15) is 15.4 Å². The molecule has 0 fully saturated rings. The standard InChI is InChI=1S/C19H14N4OS/c24-19(13-10-11-15-17(12-13)22-23-21-15)20-16-8-4-5-9-18(16)25-14-6-2-1-3-7-14/h1-12H,(H,20,24)(H,21,22,23). The third-order valence-corrected chi connectivity index (χ3v) is 4.77. The number of para-hydroxylation sites is 1. The molecule has 0 aliphatic heterocycles. The first kappa shape index (κ1) is 15.4. The third-order valence-electron chi connectivity index (χ3n) is 3.68. The van der Waals surface area contributed by atoms with Gasteiger partial charge in [-0.25, -0.2) is 0 Å². The van der Waals surface area contributed by atoms with Crippen LogP contribution in [0.3, 0.4) is 0 Å². The van der Waals surface area contributed by atoms with E-state index in [1.165, 1.54) is 0 Å². The van der Waals surface area contributed by atoms with E-state index in [9.17, 15) is 4.79 Å². The number of hydrogen-bond acceptors (Lipinski definition) is 4. The Bertz CT molecular complexity index is 1030. The number of fused-ring (bicyclic) bond motifs is 1. The highest BCUT2D eigenvalue weighted by Gasteiger charge is 2.11. The number of H-pyrrole nitrogens is 1. The van der Waals surface area contributed by atoms with Crippen molar-refractivity contribution in [1.82, 2.24) is 15.4 Å². The normalized spacial score (nSPS) is 10.7. The number of carbonyl (C=O) groups excluding carboxylic acids is 1. The number of aromatic nitrogens is 3. The molecule has 4 aromatic rings. The summed E-state index contributed by atoms with van der Waals surface area (Å²) in [5.74, 6) is -0.175. The number of amides is 1. The van der Waals surface area contributed by atoms with Gasteiger partial charge >= 0.3 is 0 Å². The van der Waals surface area contributed by atoms with Gasteiger partial charge in [-0.1, -0.05) is 42.1 Å². The molecule has 4 rings (SSSR count). The average Bonchev–Trinajstić information content (AvgIpc) is 3.12. The van der Waals surface area contributed by atoms with Gasteiger partial charge < -0.3 is 5.32 Å². The van der Waals surface area contributed by atoms with E-state index in [2.05, 4.69) is 20.7 Å². The van der Waals surface area contributed by atoms with Gasteiger partial charge in [0, 0.05) is 15.4 Å². The van der Waals surface area contributed by atoms with Gasteiger partial charge in [-0.3, -0.25) is 4.79 Å². The molecule has 0 aliphatic rings. The van der Waals surface area contributed by atoms with Crippen LogP contribution in [0.15, 0.2) is 82.6 Å². The molecule has 0 unspecified atom stereocenters. The van der Waals surface area contributed by atoms with Crippen molar-refractivity contribution in [2.45, 2.75) is 9.79 Å². The molecule has 122 valence electrons. The zero-order valence-electron chi connectivity index (χ0n) is 13.1. The van der Waals surface area contributed by atoms with E-state index in [0.29, 0.717) is 11.1 Å². The van der Waals surface area contributed by atoms with Crippen LogP contribution in [-0.4, -0.2) is 21.3 Å². The minimum Gasteiger partial charge on any atom is -0.321 e. The van der Waals surface area contributed by atoms with Crippen LogP contribution in [0.4, 0.5) is 5.69 Å². The molecule has 0 bridgehead atoms. The second kappa shape index (κ2) is 6.78. The average molecular weight is 346 g/mol. The van der Waals surface area contributed by atoms with Crippen molar-refractivity contribution in [1.29, 1.82) is 0 Å². The first-order valence-electron chi connectivity index (χ1n) is 7.73. The molecule has 0 atom stereocenters. The summed E-state index contributed by atoms with van der Waals surface area (Å²) in [6, 6.07) is 23.1. The number of hydrogen-bond donors (Lipinski definition) is 2. The largest absolute Gasteiger partial charge is 0.321 e. The smallest absolute Gasteiger partial charge is 0.255 e. The minimum atomic E-state index is -0.175. The van der Waals surface area contributed by atoms with Crippen LogP contribution in [0, 0.1) is 0 Å². The number of rotatable bonds is 4. The summed E-state index contributed by atoms with van der Waals surface area (Å²) in [6.07, 6.45) is 0. The van der Waals surface area contributed by atoms with Crippen molar-refractivity contribution in [2.24, 2.45) is 0 Å². The summed E-state index contributed by atoms with van der Waals surface area (Å²) in [7, 11) is 0. The molecule has 3 aromatic carbocycles. The molecule has 25 heavy (non-hydrogen) atoms. The van der Waals surface area contributed by atoms with Gasteiger partial charge in [0.15, 0.2) is 0 Å². The van der Waals surface area contributed by atoms with Crippen LogP contribution >= 0.6 is 11.8 Å². The number of anilines is 1. The molecule has 0 saturated carbocycles. The molecule has 6 heteroatoms. The van der Waals surface area contributed by atoms with Gasteiger partial charge in [0.25, 0.3) is 5.91 Å². The van der Waals surface area contributed by atoms with E-state index < -0.39 is 0 Å². The molecule has 1 amide bonds. The Balaban J connectivity index is 1.58. The van der Waals surface area contributed by atoms with E-state index in [1.807, 2.05) is 54.6 Å². The highest BCUT2D eigenvalue weighted by Crippen LogP contribution is 2.33. The van der Waals surface area contributed by atoms with Crippen LogP contribution in [-0.2, 0) is 0 Å². The molecule has 1 aromatic heterocycles. The summed E-state index contributed by atoms with van der Waals surface area (Å²) in [5, 5.41) is 13.6. The van der Waals surface area contributed by atoms with Crippen molar-refractivity contribution in [3.63, 3.8) is 0 Å². The second-order valence-electron chi connectivity index (χ2n) is 5.39. The summed E-state index contributed by atoms with van der Waals surface area (Å²) >= 11 is 1.61. The number of carbonyl (C=O) groups is 1. The fourth-order valence-electron chi connectivity index (χ4n) is 2.45. The van der Waals surface area contributed by atoms with E-state index in [1.54, 1.807) is 30.0 Å². The van der Waals surface area contributed by atoms with E-state index in [4.69, 9.17) is 0 Å². The SMILES string of the molecule is O=C(Nc1ccccc1Sc1ccccc1)c1ccc2n[nH]nc2c1. The number of nitrogens with zero attached hydrogens (tertiary/aromatic N) is 2. The number of aromatic amines is 1. The van der Waals surface area contributed by atoms with Gasteiger partial charge in [-0.15, -0.1) is 0 Å². The molecule has 0 aliphatic carbocycles. The quantitative estimate of drug-likeness (QED) is 0.576. The van der Waals surface area contributed by atoms with Crippen molar-refractivity contribution in [2.75, 3.05) is 5.32 Å². The Kier molecular flexibility index (Phi) is 4.18. The van der Waals surface area contributed by atoms with Gasteiger partial charge in [-0.05, 0) is 42.5 Å². The molecule has 5 nitrogen and oxygen atoms in total. The predicted molar refractivity (Wildman–Crippen MR) is 98.8 cm³/mol. The van der Waals surface area contributed by atoms with E-state index >= 15 is 0 Å². The van der Waals surface area contributed by atoms with Crippen molar-refractivity contribution in [3.05, 3.63) is 78.4 Å². The number of benzene rings is 3. The lowest BCUT2D eigenvalue weighted by atomic mass is 10.2. The van der Waals surface area contributed by atoms with Crippen LogP contribution < -0.4 is 5.32 Å². The Morgan fingerprint density at radius 1 is 0.880 bits per heavy atom. The van der Waals surface area contributed by atoms with Gasteiger partial charge in [0.1, 0.15) is 11.0 Å². The summed E-state index contributed by atoms with van der Waals surface area (Å²) in [6.45, 7) is 0. The minimum absolute atomic E-state index is 0.175. The monoisotopic (exact) mass is 346 g/mol. The maximum Gasteiger partial charge on any atom is 0.255 e. The zero-order chi connectivity index (χ0) is 17.1. The predicted octanol–water partition coefficient (Wildman–Crippen LogP) is 4.36. The van der Waals surface area contributed by atoms with Gasteiger partial charge in [0.2, 0.25) is 0 Å². The Morgan fingerprint density at radius 3 is 2.52 bits per heavy atom. The van der Waals surface area contributed by atoms with Crippen molar-refractivity contribution in [3.8, 4) is 0 Å². The molecule has 2 N–H and O–H groups in total. The fourth-order valence-corrected chi connectivity index (χ4v) is 3.37. The Morgan fingerprint density at radius 2 is 1.64 bits per heavy atom. The molecular formula is C19H14N4OS. The lowest BCUT2D eigenvalue weighted by Crippen LogP contribution is -2.12. The highest BCUT2D eigenvalue weighted by molar-refractivity contribution is 7.99.